The van der Waals surface area contributed by atoms with E-state index in [2.05, 4.69) is 27.7 Å². The molecule has 498 valence electrons. The van der Waals surface area contributed by atoms with Crippen molar-refractivity contribution in [3.63, 3.8) is 0 Å². The van der Waals surface area contributed by atoms with Crippen molar-refractivity contribution < 1.29 is 80.2 Å². The molecule has 0 aliphatic carbocycles. The van der Waals surface area contributed by atoms with Gasteiger partial charge in [-0.1, -0.05) is 285 Å². The van der Waals surface area contributed by atoms with E-state index >= 15 is 0 Å². The van der Waals surface area contributed by atoms with E-state index in [9.17, 15) is 43.2 Å². The summed E-state index contributed by atoms with van der Waals surface area (Å²) in [5, 5.41) is 10.5. The highest BCUT2D eigenvalue weighted by atomic mass is 31.2. The van der Waals surface area contributed by atoms with Crippen molar-refractivity contribution in [3.8, 4) is 0 Å². The maximum absolute atomic E-state index is 13.0. The van der Waals surface area contributed by atoms with Gasteiger partial charge in [-0.25, -0.2) is 9.13 Å². The van der Waals surface area contributed by atoms with Crippen LogP contribution in [-0.2, 0) is 65.4 Å². The molecule has 0 rings (SSSR count). The van der Waals surface area contributed by atoms with Gasteiger partial charge in [0.25, 0.3) is 0 Å². The number of carbonyl (C=O) groups excluding carboxylic acids is 4. The lowest BCUT2D eigenvalue weighted by Crippen LogP contribution is -2.30. The number of aliphatic hydroxyl groups excluding tert-OH is 1. The highest BCUT2D eigenvalue weighted by Crippen LogP contribution is 2.45. The molecule has 0 fully saturated rings. The van der Waals surface area contributed by atoms with Crippen LogP contribution in [0.1, 0.15) is 336 Å². The molecular formula is C65H126O17P2. The van der Waals surface area contributed by atoms with Crippen molar-refractivity contribution in [1.82, 2.24) is 0 Å². The molecule has 0 bridgehead atoms. The second-order valence-corrected chi connectivity index (χ2v) is 26.4. The maximum atomic E-state index is 13.0. The Hall–Kier alpha value is -1.94. The second-order valence-electron chi connectivity index (χ2n) is 23.5. The van der Waals surface area contributed by atoms with Gasteiger partial charge in [-0.15, -0.1) is 0 Å². The monoisotopic (exact) mass is 1240 g/mol. The SMILES string of the molecule is CCCCCCCCCCCCCCCCCCC(=O)O[C@H](COC(=O)CCCCCCCCCCCCCCCCC)COP(=O)(O)OC[C@@H](O)COP(=O)(O)OC[C@@H](COC(=O)CCCCCCC)OC(=O)CCCCCCCCCC. The standard InChI is InChI=1S/C65H126O17P2/c1-5-9-13-17-20-23-25-27-29-31-33-35-37-40-44-48-52-65(70)82-61(56-76-63(68)50-46-42-39-36-34-32-30-28-26-24-21-18-14-10-6-2)58-80-84(73,74)78-54-59(66)53-77-83(71,72)79-57-60(55-75-62(67)49-45-41-16-12-8-4)81-64(69)51-47-43-38-22-19-15-11-7-3/h59-61,66H,5-58H2,1-4H3,(H,71,72)(H,73,74)/t59-,60+,61+/m0/s1. The molecule has 0 radical (unpaired) electrons. The molecule has 84 heavy (non-hydrogen) atoms. The van der Waals surface area contributed by atoms with Crippen LogP contribution in [0.3, 0.4) is 0 Å². The van der Waals surface area contributed by atoms with E-state index in [1.165, 1.54) is 154 Å². The molecule has 0 aromatic heterocycles. The van der Waals surface area contributed by atoms with Gasteiger partial charge in [0.1, 0.15) is 19.3 Å². The molecule has 2 unspecified atom stereocenters. The number of ether oxygens (including phenoxy) is 4. The van der Waals surface area contributed by atoms with E-state index in [1.807, 2.05) is 0 Å². The van der Waals surface area contributed by atoms with Gasteiger partial charge in [0.15, 0.2) is 12.2 Å². The number of carbonyl (C=O) groups is 4. The van der Waals surface area contributed by atoms with Crippen molar-refractivity contribution in [2.24, 2.45) is 0 Å². The van der Waals surface area contributed by atoms with Crippen LogP contribution in [0, 0.1) is 0 Å². The Bertz CT molecular complexity index is 1620. The van der Waals surface area contributed by atoms with Crippen molar-refractivity contribution in [3.05, 3.63) is 0 Å². The summed E-state index contributed by atoms with van der Waals surface area (Å²) in [6.07, 6.45) is 46.2. The smallest absolute Gasteiger partial charge is 0.462 e. The van der Waals surface area contributed by atoms with Gasteiger partial charge in [-0.3, -0.25) is 37.3 Å². The number of phosphoric acid groups is 2. The average molecular weight is 1240 g/mol. The third-order valence-electron chi connectivity index (χ3n) is 15.1. The van der Waals surface area contributed by atoms with E-state index in [-0.39, 0.29) is 25.7 Å². The van der Waals surface area contributed by atoms with E-state index in [0.717, 1.165) is 103 Å². The Kier molecular flexibility index (Phi) is 58.6. The van der Waals surface area contributed by atoms with E-state index in [0.29, 0.717) is 25.7 Å². The van der Waals surface area contributed by atoms with Crippen LogP contribution in [0.15, 0.2) is 0 Å². The average Bonchev–Trinajstić information content (AvgIpc) is 3.54. The summed E-state index contributed by atoms with van der Waals surface area (Å²) in [5.41, 5.74) is 0. The van der Waals surface area contributed by atoms with Gasteiger partial charge in [-0.05, 0) is 25.7 Å². The largest absolute Gasteiger partial charge is 0.472 e. The van der Waals surface area contributed by atoms with Crippen LogP contribution in [0.2, 0.25) is 0 Å². The number of hydrogen-bond donors (Lipinski definition) is 3. The van der Waals surface area contributed by atoms with Crippen LogP contribution in [0.4, 0.5) is 0 Å². The molecule has 19 heteroatoms. The first-order chi connectivity index (χ1) is 40.7. The fourth-order valence-corrected chi connectivity index (χ4v) is 11.4. The molecule has 0 heterocycles. The van der Waals surface area contributed by atoms with Gasteiger partial charge < -0.3 is 33.8 Å². The number of unbranched alkanes of at least 4 members (excludes halogenated alkanes) is 40. The minimum Gasteiger partial charge on any atom is -0.462 e. The minimum absolute atomic E-state index is 0.104. The van der Waals surface area contributed by atoms with Crippen molar-refractivity contribution in [2.75, 3.05) is 39.6 Å². The Balaban J connectivity index is 5.14. The Morgan fingerprint density at radius 1 is 0.286 bits per heavy atom. The zero-order valence-electron chi connectivity index (χ0n) is 53.9. The first kappa shape index (κ1) is 82.1. The van der Waals surface area contributed by atoms with Crippen molar-refractivity contribution in [1.29, 1.82) is 0 Å². The normalized spacial score (nSPS) is 14.1. The van der Waals surface area contributed by atoms with Crippen LogP contribution in [0.25, 0.3) is 0 Å². The summed E-state index contributed by atoms with van der Waals surface area (Å²) in [4.78, 5) is 71.9. The molecule has 0 aliphatic heterocycles. The lowest BCUT2D eigenvalue weighted by atomic mass is 10.0. The van der Waals surface area contributed by atoms with E-state index < -0.39 is 97.5 Å². The second kappa shape index (κ2) is 60.0. The lowest BCUT2D eigenvalue weighted by molar-refractivity contribution is -0.161. The molecule has 0 saturated heterocycles. The number of hydrogen-bond acceptors (Lipinski definition) is 15. The molecule has 0 spiro atoms. The van der Waals surface area contributed by atoms with Crippen molar-refractivity contribution in [2.45, 2.75) is 354 Å². The zero-order chi connectivity index (χ0) is 61.9. The molecule has 3 N–H and O–H groups in total. The zero-order valence-corrected chi connectivity index (χ0v) is 55.7. The van der Waals surface area contributed by atoms with Crippen LogP contribution in [0.5, 0.6) is 0 Å². The van der Waals surface area contributed by atoms with Gasteiger partial charge in [0, 0.05) is 25.7 Å². The van der Waals surface area contributed by atoms with Gasteiger partial charge in [-0.2, -0.15) is 0 Å². The predicted molar refractivity (Wildman–Crippen MR) is 335 cm³/mol. The molecule has 0 aliphatic rings. The highest BCUT2D eigenvalue weighted by molar-refractivity contribution is 7.47. The summed E-state index contributed by atoms with van der Waals surface area (Å²) in [6.45, 7) is 4.80. The van der Waals surface area contributed by atoms with Gasteiger partial charge in [0.05, 0.1) is 26.4 Å². The maximum Gasteiger partial charge on any atom is 0.472 e. The molecule has 17 nitrogen and oxygen atoms in total. The molecule has 0 aromatic carbocycles. The fraction of sp³-hybridized carbons (Fsp3) is 0.938. The first-order valence-corrected chi connectivity index (χ1v) is 37.3. The Morgan fingerprint density at radius 2 is 0.476 bits per heavy atom. The van der Waals surface area contributed by atoms with Gasteiger partial charge >= 0.3 is 39.5 Å². The first-order valence-electron chi connectivity index (χ1n) is 34.3. The third kappa shape index (κ3) is 59.0. The predicted octanol–water partition coefficient (Wildman–Crippen LogP) is 18.3. The number of esters is 4. The fourth-order valence-electron chi connectivity index (χ4n) is 9.81. The van der Waals surface area contributed by atoms with E-state index in [1.54, 1.807) is 0 Å². The third-order valence-corrected chi connectivity index (χ3v) is 17.0. The molecule has 5 atom stereocenters. The topological polar surface area (TPSA) is 237 Å². The van der Waals surface area contributed by atoms with Gasteiger partial charge in [0.2, 0.25) is 0 Å². The summed E-state index contributed by atoms with van der Waals surface area (Å²) >= 11 is 0. The lowest BCUT2D eigenvalue weighted by Gasteiger charge is -2.21. The quantitative estimate of drug-likeness (QED) is 0.0222. The Labute approximate surface area is 511 Å². The summed E-state index contributed by atoms with van der Waals surface area (Å²) in [5.74, 6) is -2.14. The van der Waals surface area contributed by atoms with Crippen LogP contribution < -0.4 is 0 Å². The number of phosphoric ester groups is 2. The summed E-state index contributed by atoms with van der Waals surface area (Å²) < 4.78 is 67.8. The van der Waals surface area contributed by atoms with Crippen LogP contribution >= 0.6 is 15.6 Å². The number of rotatable bonds is 66. The van der Waals surface area contributed by atoms with E-state index in [4.69, 9.17) is 37.0 Å². The molecule has 0 amide bonds. The molecule has 0 saturated carbocycles. The van der Waals surface area contributed by atoms with Crippen LogP contribution in [-0.4, -0.2) is 96.7 Å². The Morgan fingerprint density at radius 3 is 0.702 bits per heavy atom. The highest BCUT2D eigenvalue weighted by Gasteiger charge is 2.30. The number of aliphatic hydroxyl groups is 1. The summed E-state index contributed by atoms with van der Waals surface area (Å²) in [7, 11) is -9.87. The molecule has 0 aromatic rings. The minimum atomic E-state index is -4.94. The van der Waals surface area contributed by atoms with Crippen molar-refractivity contribution >= 4 is 39.5 Å². The molecular weight excluding hydrogens is 1110 g/mol. The summed E-state index contributed by atoms with van der Waals surface area (Å²) in [6, 6.07) is 0.